The molecule has 0 aliphatic rings. The van der Waals surface area contributed by atoms with Gasteiger partial charge in [-0.05, 0) is 48.5 Å². The van der Waals surface area contributed by atoms with Crippen LogP contribution in [0.5, 0.6) is 0 Å². The molecular weight excluding hydrogens is 259 g/mol. The number of hydrogen-bond donors (Lipinski definition) is 0. The number of rotatable bonds is 3. The van der Waals surface area contributed by atoms with E-state index in [2.05, 4.69) is 0 Å². The average molecular weight is 270 g/mol. The summed E-state index contributed by atoms with van der Waals surface area (Å²) in [7, 11) is 0. The molecule has 0 amide bonds. The van der Waals surface area contributed by atoms with Gasteiger partial charge >= 0.3 is 0 Å². The highest BCUT2D eigenvalue weighted by molar-refractivity contribution is 7.99. The molecule has 2 aromatic carbocycles. The van der Waals surface area contributed by atoms with Crippen LogP contribution in [-0.4, -0.2) is 0 Å². The molecule has 0 atom stereocenters. The molecule has 3 rings (SSSR count). The molecule has 1 nitrogen and oxygen atoms in total. The Labute approximate surface area is 115 Å². The first kappa shape index (κ1) is 12.1. The maximum absolute atomic E-state index is 12.8. The lowest BCUT2D eigenvalue weighted by molar-refractivity contribution is 0.582. The molecule has 0 fully saturated rings. The molecule has 94 valence electrons. The van der Waals surface area contributed by atoms with Gasteiger partial charge in [-0.15, -0.1) is 0 Å². The summed E-state index contributed by atoms with van der Waals surface area (Å²) < 4.78 is 18.2. The fourth-order valence-corrected chi connectivity index (χ4v) is 2.59. The average Bonchev–Trinajstić information content (AvgIpc) is 2.96. The van der Waals surface area contributed by atoms with Crippen molar-refractivity contribution in [1.82, 2.24) is 0 Å². The normalized spacial score (nSPS) is 10.6. The Kier molecular flexibility index (Phi) is 3.38. The van der Waals surface area contributed by atoms with Crippen molar-refractivity contribution in [3.05, 3.63) is 72.7 Å². The van der Waals surface area contributed by atoms with Gasteiger partial charge in [0.1, 0.15) is 11.6 Å². The van der Waals surface area contributed by atoms with Crippen molar-refractivity contribution in [2.75, 3.05) is 0 Å². The van der Waals surface area contributed by atoms with E-state index >= 15 is 0 Å². The minimum atomic E-state index is -0.211. The molecule has 1 heterocycles. The third-order valence-electron chi connectivity index (χ3n) is 2.71. The molecule has 0 N–H and O–H groups in total. The maximum atomic E-state index is 12.8. The van der Waals surface area contributed by atoms with Crippen LogP contribution in [0.15, 0.2) is 81.1 Å². The monoisotopic (exact) mass is 270 g/mol. The van der Waals surface area contributed by atoms with E-state index in [1.165, 1.54) is 12.1 Å². The quantitative estimate of drug-likeness (QED) is 0.646. The Balaban J connectivity index is 1.77. The summed E-state index contributed by atoms with van der Waals surface area (Å²) in [5, 5.41) is 0. The van der Waals surface area contributed by atoms with E-state index in [9.17, 15) is 4.39 Å². The van der Waals surface area contributed by atoms with E-state index in [-0.39, 0.29) is 5.82 Å². The van der Waals surface area contributed by atoms with Crippen molar-refractivity contribution in [3.8, 4) is 11.3 Å². The molecule has 3 aromatic rings. The Morgan fingerprint density at radius 1 is 0.789 bits per heavy atom. The summed E-state index contributed by atoms with van der Waals surface area (Å²) in [6.07, 6.45) is 1.66. The molecule has 0 saturated carbocycles. The molecule has 19 heavy (non-hydrogen) atoms. The van der Waals surface area contributed by atoms with Gasteiger partial charge in [-0.2, -0.15) is 0 Å². The topological polar surface area (TPSA) is 13.1 Å². The Morgan fingerprint density at radius 2 is 1.42 bits per heavy atom. The summed E-state index contributed by atoms with van der Waals surface area (Å²) in [6.45, 7) is 0. The minimum Gasteiger partial charge on any atom is -0.464 e. The van der Waals surface area contributed by atoms with Crippen molar-refractivity contribution in [3.63, 3.8) is 0 Å². The van der Waals surface area contributed by atoms with Crippen LogP contribution in [0.2, 0.25) is 0 Å². The van der Waals surface area contributed by atoms with Gasteiger partial charge in [-0.1, -0.05) is 23.9 Å². The third kappa shape index (κ3) is 2.88. The summed E-state index contributed by atoms with van der Waals surface area (Å²) in [5.74, 6) is 0.649. The molecule has 0 unspecified atom stereocenters. The number of halogens is 1. The molecule has 0 bridgehead atoms. The highest BCUT2D eigenvalue weighted by atomic mass is 32.2. The van der Waals surface area contributed by atoms with Crippen molar-refractivity contribution in [2.45, 2.75) is 9.79 Å². The van der Waals surface area contributed by atoms with Gasteiger partial charge in [0.2, 0.25) is 0 Å². The van der Waals surface area contributed by atoms with E-state index in [4.69, 9.17) is 4.42 Å². The van der Waals surface area contributed by atoms with E-state index in [0.29, 0.717) is 0 Å². The SMILES string of the molecule is Fc1ccc(Sc2ccc(-c3ccco3)cc2)cc1. The zero-order valence-corrected chi connectivity index (χ0v) is 10.9. The highest BCUT2D eigenvalue weighted by Crippen LogP contribution is 2.29. The summed E-state index contributed by atoms with van der Waals surface area (Å²) in [6, 6.07) is 18.4. The van der Waals surface area contributed by atoms with Crippen LogP contribution in [-0.2, 0) is 0 Å². The number of benzene rings is 2. The van der Waals surface area contributed by atoms with Crippen LogP contribution in [0.25, 0.3) is 11.3 Å². The van der Waals surface area contributed by atoms with Crippen LogP contribution in [0, 0.1) is 5.82 Å². The zero-order valence-electron chi connectivity index (χ0n) is 10.0. The van der Waals surface area contributed by atoms with Crippen molar-refractivity contribution >= 4 is 11.8 Å². The van der Waals surface area contributed by atoms with Gasteiger partial charge in [0, 0.05) is 15.4 Å². The number of hydrogen-bond acceptors (Lipinski definition) is 2. The molecule has 0 aliphatic carbocycles. The first-order valence-electron chi connectivity index (χ1n) is 5.89. The van der Waals surface area contributed by atoms with Gasteiger partial charge in [-0.3, -0.25) is 0 Å². The second kappa shape index (κ2) is 5.33. The van der Waals surface area contributed by atoms with Gasteiger partial charge in [0.15, 0.2) is 0 Å². The Morgan fingerprint density at radius 3 is 2.00 bits per heavy atom. The minimum absolute atomic E-state index is 0.211. The molecule has 1 aromatic heterocycles. The Hall–Kier alpha value is -2.00. The standard InChI is InChI=1S/C16H11FOS/c17-13-5-9-15(10-6-13)19-14-7-3-12(4-8-14)16-2-1-11-18-16/h1-11H. The lowest BCUT2D eigenvalue weighted by Gasteiger charge is -2.03. The van der Waals surface area contributed by atoms with E-state index in [1.54, 1.807) is 30.2 Å². The summed E-state index contributed by atoms with van der Waals surface area (Å²) in [5.41, 5.74) is 1.05. The first-order chi connectivity index (χ1) is 9.31. The predicted molar refractivity (Wildman–Crippen MR) is 74.7 cm³/mol. The van der Waals surface area contributed by atoms with E-state index in [1.807, 2.05) is 36.4 Å². The van der Waals surface area contributed by atoms with Crippen LogP contribution >= 0.6 is 11.8 Å². The van der Waals surface area contributed by atoms with Gasteiger partial charge in [0.25, 0.3) is 0 Å². The van der Waals surface area contributed by atoms with Gasteiger partial charge in [0.05, 0.1) is 6.26 Å². The maximum Gasteiger partial charge on any atom is 0.133 e. The van der Waals surface area contributed by atoms with Crippen LogP contribution < -0.4 is 0 Å². The molecule has 3 heteroatoms. The summed E-state index contributed by atoms with van der Waals surface area (Å²) >= 11 is 1.60. The highest BCUT2D eigenvalue weighted by Gasteiger charge is 2.02. The van der Waals surface area contributed by atoms with Gasteiger partial charge in [-0.25, -0.2) is 4.39 Å². The molecule has 0 radical (unpaired) electrons. The Bertz CT molecular complexity index is 642. The predicted octanol–water partition coefficient (Wildman–Crippen LogP) is 5.24. The number of furan rings is 1. The largest absolute Gasteiger partial charge is 0.464 e. The molecule has 0 saturated heterocycles. The first-order valence-corrected chi connectivity index (χ1v) is 6.70. The fraction of sp³-hybridized carbons (Fsp3) is 0. The lowest BCUT2D eigenvalue weighted by atomic mass is 10.2. The second-order valence-electron chi connectivity index (χ2n) is 4.06. The van der Waals surface area contributed by atoms with Crippen molar-refractivity contribution in [2.24, 2.45) is 0 Å². The van der Waals surface area contributed by atoms with Crippen LogP contribution in [0.4, 0.5) is 4.39 Å². The van der Waals surface area contributed by atoms with Crippen LogP contribution in [0.3, 0.4) is 0 Å². The van der Waals surface area contributed by atoms with Crippen molar-refractivity contribution < 1.29 is 8.81 Å². The van der Waals surface area contributed by atoms with E-state index in [0.717, 1.165) is 21.1 Å². The molecule has 0 aliphatic heterocycles. The lowest BCUT2D eigenvalue weighted by Crippen LogP contribution is -1.77. The smallest absolute Gasteiger partial charge is 0.133 e. The third-order valence-corrected chi connectivity index (χ3v) is 3.73. The van der Waals surface area contributed by atoms with Gasteiger partial charge < -0.3 is 4.42 Å². The van der Waals surface area contributed by atoms with Crippen molar-refractivity contribution in [1.29, 1.82) is 0 Å². The van der Waals surface area contributed by atoms with E-state index < -0.39 is 0 Å². The fourth-order valence-electron chi connectivity index (χ4n) is 1.77. The second-order valence-corrected chi connectivity index (χ2v) is 5.20. The van der Waals surface area contributed by atoms with Crippen LogP contribution in [0.1, 0.15) is 0 Å². The molecular formula is C16H11FOS. The molecule has 0 spiro atoms. The zero-order chi connectivity index (χ0) is 13.1. The summed E-state index contributed by atoms with van der Waals surface area (Å²) in [4.78, 5) is 2.13.